The van der Waals surface area contributed by atoms with Crippen molar-refractivity contribution in [2.75, 3.05) is 6.26 Å². The monoisotopic (exact) mass is 372 g/mol. The summed E-state index contributed by atoms with van der Waals surface area (Å²) in [5.41, 5.74) is 0.0466. The quantitative estimate of drug-likeness (QED) is 0.372. The van der Waals surface area contributed by atoms with E-state index in [2.05, 4.69) is 21.6 Å². The van der Waals surface area contributed by atoms with Crippen LogP contribution in [-0.4, -0.2) is 35.4 Å². The van der Waals surface area contributed by atoms with Crippen LogP contribution in [0.2, 0.25) is 0 Å². The summed E-state index contributed by atoms with van der Waals surface area (Å²) >= 11 is 1.39. The Morgan fingerprint density at radius 3 is 2.73 bits per heavy atom. The number of rotatable bonds is 6. The van der Waals surface area contributed by atoms with Crippen LogP contribution in [0.1, 0.15) is 13.8 Å². The summed E-state index contributed by atoms with van der Waals surface area (Å²) in [4.78, 5) is 33.5. The molecular weight excluding hydrogens is 352 g/mol. The summed E-state index contributed by atoms with van der Waals surface area (Å²) in [5.74, 6) is 0.711. The Bertz CT molecular complexity index is 1080. The molecule has 3 heterocycles. The molecule has 0 amide bonds. The fourth-order valence-electron chi connectivity index (χ4n) is 2.66. The number of allylic oxidation sites excluding steroid dienone is 1. The lowest BCUT2D eigenvalue weighted by atomic mass is 10.2. The zero-order chi connectivity index (χ0) is 18.8. The van der Waals surface area contributed by atoms with Crippen LogP contribution in [0.15, 0.2) is 45.7 Å². The zero-order valence-electron chi connectivity index (χ0n) is 14.9. The van der Waals surface area contributed by atoms with E-state index in [4.69, 9.17) is 0 Å². The van der Waals surface area contributed by atoms with Gasteiger partial charge in [0.1, 0.15) is 5.39 Å². The molecule has 0 aliphatic carbocycles. The molecule has 0 radical (unpaired) electrons. The molecule has 136 valence electrons. The normalized spacial score (nSPS) is 11.4. The van der Waals surface area contributed by atoms with Crippen molar-refractivity contribution in [2.24, 2.45) is 5.92 Å². The van der Waals surface area contributed by atoms with Crippen LogP contribution in [0.5, 0.6) is 0 Å². The van der Waals surface area contributed by atoms with Crippen LogP contribution in [-0.2, 0) is 13.1 Å². The summed E-state index contributed by atoms with van der Waals surface area (Å²) in [7, 11) is 0. The molecule has 3 aromatic heterocycles. The fourth-order valence-corrected chi connectivity index (χ4v) is 2.99. The second-order valence-corrected chi connectivity index (χ2v) is 6.96. The van der Waals surface area contributed by atoms with E-state index in [0.29, 0.717) is 28.6 Å². The van der Waals surface area contributed by atoms with Crippen LogP contribution in [0.4, 0.5) is 0 Å². The molecule has 3 aromatic rings. The molecule has 3 rings (SSSR count). The van der Waals surface area contributed by atoms with Gasteiger partial charge in [-0.05, 0) is 18.2 Å². The Balaban J connectivity index is 2.32. The molecular formula is C17H20N6O2S. The second kappa shape index (κ2) is 7.28. The maximum Gasteiger partial charge on any atom is 0.278 e. The first-order valence-electron chi connectivity index (χ1n) is 8.18. The zero-order valence-corrected chi connectivity index (χ0v) is 15.7. The lowest BCUT2D eigenvalue weighted by molar-refractivity contribution is 0.455. The van der Waals surface area contributed by atoms with Crippen LogP contribution in [0.25, 0.3) is 16.9 Å². The number of hydrogen-bond acceptors (Lipinski definition) is 6. The third kappa shape index (κ3) is 3.22. The molecule has 0 saturated carbocycles. The minimum absolute atomic E-state index is 0.184. The standard InChI is InChI=1S/C17H20N6O2S/c1-5-8-22-16(25)12-9-18-17(26-4)19-15(12)23(22)13-6-7-14(24)21(20-13)10-11(2)3/h5-7,9,11H,1,8,10H2,2-4H3. The van der Waals surface area contributed by atoms with Gasteiger partial charge in [-0.2, -0.15) is 0 Å². The van der Waals surface area contributed by atoms with E-state index in [9.17, 15) is 9.59 Å². The van der Waals surface area contributed by atoms with Gasteiger partial charge in [0.2, 0.25) is 0 Å². The summed E-state index contributed by atoms with van der Waals surface area (Å²) in [6, 6.07) is 3.05. The predicted octanol–water partition coefficient (Wildman–Crippen LogP) is 1.70. The second-order valence-electron chi connectivity index (χ2n) is 6.19. The van der Waals surface area contributed by atoms with Crippen molar-refractivity contribution in [3.63, 3.8) is 0 Å². The lowest BCUT2D eigenvalue weighted by Crippen LogP contribution is -2.28. The Morgan fingerprint density at radius 1 is 1.31 bits per heavy atom. The van der Waals surface area contributed by atoms with Crippen LogP contribution >= 0.6 is 11.8 Å². The first-order chi connectivity index (χ1) is 12.5. The number of thioether (sulfide) groups is 1. The predicted molar refractivity (Wildman–Crippen MR) is 102 cm³/mol. The molecule has 0 N–H and O–H groups in total. The van der Waals surface area contributed by atoms with E-state index < -0.39 is 0 Å². The van der Waals surface area contributed by atoms with E-state index in [0.717, 1.165) is 0 Å². The highest BCUT2D eigenvalue weighted by Crippen LogP contribution is 2.16. The van der Waals surface area contributed by atoms with E-state index in [1.807, 2.05) is 20.1 Å². The van der Waals surface area contributed by atoms with Crippen LogP contribution < -0.4 is 11.1 Å². The van der Waals surface area contributed by atoms with Gasteiger partial charge < -0.3 is 0 Å². The van der Waals surface area contributed by atoms with Gasteiger partial charge in [-0.3, -0.25) is 9.59 Å². The van der Waals surface area contributed by atoms with Gasteiger partial charge in [-0.15, -0.1) is 11.7 Å². The average molecular weight is 372 g/mol. The van der Waals surface area contributed by atoms with Gasteiger partial charge in [0.05, 0.1) is 6.54 Å². The highest BCUT2D eigenvalue weighted by atomic mass is 32.2. The molecule has 0 aliphatic rings. The molecule has 0 aromatic carbocycles. The van der Waals surface area contributed by atoms with E-state index in [-0.39, 0.29) is 23.6 Å². The topological polar surface area (TPSA) is 87.6 Å². The van der Waals surface area contributed by atoms with Gasteiger partial charge in [0.25, 0.3) is 11.1 Å². The third-order valence-corrected chi connectivity index (χ3v) is 4.31. The Labute approximate surface area is 154 Å². The van der Waals surface area contributed by atoms with Crippen molar-refractivity contribution >= 4 is 22.8 Å². The fraction of sp³-hybridized carbons (Fsp3) is 0.353. The minimum Gasteiger partial charge on any atom is -0.268 e. The highest BCUT2D eigenvalue weighted by molar-refractivity contribution is 7.98. The van der Waals surface area contributed by atoms with Gasteiger partial charge in [-0.1, -0.05) is 31.7 Å². The Morgan fingerprint density at radius 2 is 2.08 bits per heavy atom. The molecule has 0 spiro atoms. The van der Waals surface area contributed by atoms with E-state index in [1.54, 1.807) is 16.8 Å². The Hall–Kier alpha value is -2.68. The summed E-state index contributed by atoms with van der Waals surface area (Å²) in [6.07, 6.45) is 5.02. The van der Waals surface area contributed by atoms with Crippen LogP contribution in [0, 0.1) is 5.92 Å². The maximum atomic E-state index is 12.8. The number of nitrogens with zero attached hydrogens (tertiary/aromatic N) is 6. The molecule has 0 saturated heterocycles. The molecule has 26 heavy (non-hydrogen) atoms. The van der Waals surface area contributed by atoms with Gasteiger partial charge in [0.15, 0.2) is 16.6 Å². The number of fused-ring (bicyclic) bond motifs is 1. The average Bonchev–Trinajstić information content (AvgIpc) is 2.88. The Kier molecular flexibility index (Phi) is 5.08. The van der Waals surface area contributed by atoms with Gasteiger partial charge >= 0.3 is 0 Å². The van der Waals surface area contributed by atoms with Gasteiger partial charge in [0, 0.05) is 18.8 Å². The molecule has 9 heteroatoms. The molecule has 0 fully saturated rings. The number of aromatic nitrogens is 6. The van der Waals surface area contributed by atoms with Gasteiger partial charge in [-0.25, -0.2) is 24.0 Å². The van der Waals surface area contributed by atoms with Crippen molar-refractivity contribution < 1.29 is 0 Å². The first kappa shape index (κ1) is 18.1. The summed E-state index contributed by atoms with van der Waals surface area (Å²) in [6.45, 7) is 8.52. The summed E-state index contributed by atoms with van der Waals surface area (Å²) in [5, 5.41) is 5.40. The number of hydrogen-bond donors (Lipinski definition) is 0. The molecule has 0 atom stereocenters. The van der Waals surface area contributed by atoms with Crippen LogP contribution in [0.3, 0.4) is 0 Å². The van der Waals surface area contributed by atoms with Crippen molar-refractivity contribution in [2.45, 2.75) is 32.1 Å². The largest absolute Gasteiger partial charge is 0.278 e. The SMILES string of the molecule is C=CCn1c(=O)c2cnc(SC)nc2n1-c1ccc(=O)n(CC(C)C)n1. The maximum absolute atomic E-state index is 12.8. The molecule has 0 unspecified atom stereocenters. The van der Waals surface area contributed by atoms with Crippen molar-refractivity contribution in [3.8, 4) is 5.82 Å². The highest BCUT2D eigenvalue weighted by Gasteiger charge is 2.18. The summed E-state index contributed by atoms with van der Waals surface area (Å²) < 4.78 is 4.52. The van der Waals surface area contributed by atoms with Crippen molar-refractivity contribution in [1.29, 1.82) is 0 Å². The van der Waals surface area contributed by atoms with E-state index in [1.165, 1.54) is 33.4 Å². The third-order valence-electron chi connectivity index (χ3n) is 3.75. The van der Waals surface area contributed by atoms with Crippen molar-refractivity contribution in [1.82, 2.24) is 29.1 Å². The smallest absolute Gasteiger partial charge is 0.268 e. The molecule has 8 nitrogen and oxygen atoms in total. The lowest BCUT2D eigenvalue weighted by Gasteiger charge is -2.13. The van der Waals surface area contributed by atoms with E-state index >= 15 is 0 Å². The minimum atomic E-state index is -0.226. The first-order valence-corrected chi connectivity index (χ1v) is 9.40. The van der Waals surface area contributed by atoms with Crippen molar-refractivity contribution in [3.05, 3.63) is 51.7 Å². The molecule has 0 aliphatic heterocycles. The molecule has 0 bridgehead atoms.